The summed E-state index contributed by atoms with van der Waals surface area (Å²) in [6, 6.07) is 9.32. The number of nitrogens with two attached hydrogens (primary N) is 1. The number of benzene rings is 1. The van der Waals surface area contributed by atoms with Gasteiger partial charge in [0, 0.05) is 25.7 Å². The first-order valence-electron chi connectivity index (χ1n) is 6.52. The SMILES string of the molecule is CN(Cc1ccccc1)S(=O)(=O)NC1CCCC1N. The fraction of sp³-hybridized carbons (Fsp3) is 0.538. The monoisotopic (exact) mass is 283 g/mol. The van der Waals surface area contributed by atoms with Crippen molar-refractivity contribution in [3.05, 3.63) is 35.9 Å². The Hall–Kier alpha value is -0.950. The molecule has 2 unspecified atom stereocenters. The van der Waals surface area contributed by atoms with Gasteiger partial charge in [-0.2, -0.15) is 17.4 Å². The first-order chi connectivity index (χ1) is 8.99. The maximum absolute atomic E-state index is 12.2. The second-order valence-corrected chi connectivity index (χ2v) is 6.87. The van der Waals surface area contributed by atoms with Gasteiger partial charge in [-0.1, -0.05) is 36.8 Å². The average Bonchev–Trinajstić information content (AvgIpc) is 2.75. The normalized spacial score (nSPS) is 23.9. The van der Waals surface area contributed by atoms with Gasteiger partial charge in [0.1, 0.15) is 0 Å². The van der Waals surface area contributed by atoms with E-state index >= 15 is 0 Å². The lowest BCUT2D eigenvalue weighted by Crippen LogP contribution is -2.48. The number of hydrogen-bond acceptors (Lipinski definition) is 3. The van der Waals surface area contributed by atoms with Crippen LogP contribution in [0.1, 0.15) is 24.8 Å². The molecule has 5 nitrogen and oxygen atoms in total. The van der Waals surface area contributed by atoms with E-state index in [1.165, 1.54) is 4.31 Å². The predicted molar refractivity (Wildman–Crippen MR) is 75.6 cm³/mol. The van der Waals surface area contributed by atoms with Crippen LogP contribution in [0.15, 0.2) is 30.3 Å². The highest BCUT2D eigenvalue weighted by molar-refractivity contribution is 7.87. The zero-order valence-corrected chi connectivity index (χ0v) is 11.9. The molecule has 2 atom stereocenters. The van der Waals surface area contributed by atoms with E-state index in [4.69, 9.17) is 5.73 Å². The van der Waals surface area contributed by atoms with Gasteiger partial charge in [-0.05, 0) is 18.4 Å². The minimum Gasteiger partial charge on any atom is -0.326 e. The average molecular weight is 283 g/mol. The lowest BCUT2D eigenvalue weighted by atomic mass is 10.2. The second-order valence-electron chi connectivity index (χ2n) is 5.07. The van der Waals surface area contributed by atoms with Crippen molar-refractivity contribution < 1.29 is 8.42 Å². The molecule has 106 valence electrons. The van der Waals surface area contributed by atoms with Crippen molar-refractivity contribution in [1.82, 2.24) is 9.03 Å². The van der Waals surface area contributed by atoms with E-state index in [1.807, 2.05) is 30.3 Å². The molecule has 0 bridgehead atoms. The highest BCUT2D eigenvalue weighted by atomic mass is 32.2. The lowest BCUT2D eigenvalue weighted by Gasteiger charge is -2.23. The maximum atomic E-state index is 12.2. The third kappa shape index (κ3) is 3.76. The Balaban J connectivity index is 1.99. The molecule has 1 fully saturated rings. The molecule has 19 heavy (non-hydrogen) atoms. The minimum absolute atomic E-state index is 0.0695. The first-order valence-corrected chi connectivity index (χ1v) is 7.96. The molecule has 6 heteroatoms. The van der Waals surface area contributed by atoms with Crippen molar-refractivity contribution in [2.75, 3.05) is 7.05 Å². The summed E-state index contributed by atoms with van der Waals surface area (Å²) in [5, 5.41) is 0. The van der Waals surface area contributed by atoms with Crippen LogP contribution in [-0.2, 0) is 16.8 Å². The largest absolute Gasteiger partial charge is 0.326 e. The molecule has 1 aromatic carbocycles. The summed E-state index contributed by atoms with van der Waals surface area (Å²) < 4.78 is 28.4. The van der Waals surface area contributed by atoms with Crippen LogP contribution in [0.25, 0.3) is 0 Å². The van der Waals surface area contributed by atoms with E-state index < -0.39 is 10.2 Å². The van der Waals surface area contributed by atoms with Crippen LogP contribution in [-0.4, -0.2) is 31.9 Å². The van der Waals surface area contributed by atoms with Gasteiger partial charge in [0.15, 0.2) is 0 Å². The summed E-state index contributed by atoms with van der Waals surface area (Å²) in [5.41, 5.74) is 6.86. The molecular formula is C13H21N3O2S. The molecule has 1 aliphatic rings. The fourth-order valence-corrected chi connectivity index (χ4v) is 3.52. The van der Waals surface area contributed by atoms with Crippen molar-refractivity contribution in [2.24, 2.45) is 5.73 Å². The molecule has 1 aliphatic carbocycles. The van der Waals surface area contributed by atoms with Crippen LogP contribution in [0.3, 0.4) is 0 Å². The van der Waals surface area contributed by atoms with Crippen molar-refractivity contribution in [1.29, 1.82) is 0 Å². The van der Waals surface area contributed by atoms with Crippen molar-refractivity contribution in [3.8, 4) is 0 Å². The molecular weight excluding hydrogens is 262 g/mol. The molecule has 0 heterocycles. The van der Waals surface area contributed by atoms with Crippen LogP contribution >= 0.6 is 0 Å². The minimum atomic E-state index is -3.47. The standard InChI is InChI=1S/C13H21N3O2S/c1-16(10-11-6-3-2-4-7-11)19(17,18)15-13-9-5-8-12(13)14/h2-4,6-7,12-13,15H,5,8-10,14H2,1H3. The molecule has 1 aromatic rings. The quantitative estimate of drug-likeness (QED) is 0.840. The van der Waals surface area contributed by atoms with E-state index in [9.17, 15) is 8.42 Å². The van der Waals surface area contributed by atoms with E-state index in [0.29, 0.717) is 6.54 Å². The van der Waals surface area contributed by atoms with Crippen LogP contribution in [0.5, 0.6) is 0 Å². The second kappa shape index (κ2) is 6.00. The molecule has 0 aromatic heterocycles. The van der Waals surface area contributed by atoms with Gasteiger partial charge >= 0.3 is 0 Å². The molecule has 1 saturated carbocycles. The highest BCUT2D eigenvalue weighted by Gasteiger charge is 2.29. The van der Waals surface area contributed by atoms with Gasteiger partial charge in [0.2, 0.25) is 0 Å². The lowest BCUT2D eigenvalue weighted by molar-refractivity contribution is 0.436. The smallest absolute Gasteiger partial charge is 0.279 e. The van der Waals surface area contributed by atoms with Gasteiger partial charge in [-0.25, -0.2) is 0 Å². The summed E-state index contributed by atoms with van der Waals surface area (Å²) >= 11 is 0. The molecule has 3 N–H and O–H groups in total. The molecule has 0 aliphatic heterocycles. The van der Waals surface area contributed by atoms with Gasteiger partial charge in [-0.3, -0.25) is 0 Å². The van der Waals surface area contributed by atoms with Gasteiger partial charge < -0.3 is 5.73 Å². The number of rotatable bonds is 5. The summed E-state index contributed by atoms with van der Waals surface area (Å²) in [6.45, 7) is 0.359. The summed E-state index contributed by atoms with van der Waals surface area (Å²) in [4.78, 5) is 0. The van der Waals surface area contributed by atoms with E-state index in [1.54, 1.807) is 7.05 Å². The number of hydrogen-bond donors (Lipinski definition) is 2. The molecule has 0 radical (unpaired) electrons. The zero-order valence-electron chi connectivity index (χ0n) is 11.1. The van der Waals surface area contributed by atoms with Crippen LogP contribution in [0.2, 0.25) is 0 Å². The topological polar surface area (TPSA) is 75.4 Å². The van der Waals surface area contributed by atoms with Crippen LogP contribution < -0.4 is 10.5 Å². The Kier molecular flexibility index (Phi) is 4.57. The highest BCUT2D eigenvalue weighted by Crippen LogP contribution is 2.18. The fourth-order valence-electron chi connectivity index (χ4n) is 2.34. The van der Waals surface area contributed by atoms with Gasteiger partial charge in [0.25, 0.3) is 10.2 Å². The molecule has 0 amide bonds. The van der Waals surface area contributed by atoms with E-state index in [2.05, 4.69) is 4.72 Å². The Morgan fingerprint density at radius 3 is 2.58 bits per heavy atom. The van der Waals surface area contributed by atoms with Gasteiger partial charge in [0.05, 0.1) is 0 Å². The van der Waals surface area contributed by atoms with Crippen LogP contribution in [0, 0.1) is 0 Å². The first kappa shape index (κ1) is 14.5. The number of nitrogens with zero attached hydrogens (tertiary/aromatic N) is 1. The summed E-state index contributed by atoms with van der Waals surface area (Å²) in [6.07, 6.45) is 2.69. The molecule has 0 saturated heterocycles. The van der Waals surface area contributed by atoms with Crippen LogP contribution in [0.4, 0.5) is 0 Å². The summed E-state index contributed by atoms with van der Waals surface area (Å²) in [5.74, 6) is 0. The Labute approximate surface area is 115 Å². The Morgan fingerprint density at radius 1 is 1.32 bits per heavy atom. The zero-order chi connectivity index (χ0) is 13.9. The van der Waals surface area contributed by atoms with Crippen molar-refractivity contribution in [2.45, 2.75) is 37.9 Å². The van der Waals surface area contributed by atoms with E-state index in [0.717, 1.165) is 24.8 Å². The maximum Gasteiger partial charge on any atom is 0.279 e. The van der Waals surface area contributed by atoms with E-state index in [-0.39, 0.29) is 12.1 Å². The summed E-state index contributed by atoms with van der Waals surface area (Å²) in [7, 11) is -1.89. The molecule has 0 spiro atoms. The van der Waals surface area contributed by atoms with Gasteiger partial charge in [-0.15, -0.1) is 0 Å². The third-order valence-corrected chi connectivity index (χ3v) is 5.08. The predicted octanol–water partition coefficient (Wildman–Crippen LogP) is 0.833. The Morgan fingerprint density at radius 2 is 2.00 bits per heavy atom. The van der Waals surface area contributed by atoms with Crippen molar-refractivity contribution in [3.63, 3.8) is 0 Å². The third-order valence-electron chi connectivity index (χ3n) is 3.53. The Bertz CT molecular complexity index is 504. The number of nitrogens with one attached hydrogen (secondary N) is 1. The van der Waals surface area contributed by atoms with Crippen molar-refractivity contribution >= 4 is 10.2 Å². The molecule has 2 rings (SSSR count).